The summed E-state index contributed by atoms with van der Waals surface area (Å²) >= 11 is 0. The zero-order chi connectivity index (χ0) is 44.5. The van der Waals surface area contributed by atoms with Crippen LogP contribution in [0.3, 0.4) is 0 Å². The number of sulfone groups is 2. The van der Waals surface area contributed by atoms with Crippen molar-refractivity contribution in [2.75, 3.05) is 46.5 Å². The van der Waals surface area contributed by atoms with Crippen molar-refractivity contribution in [2.24, 2.45) is 20.5 Å². The van der Waals surface area contributed by atoms with E-state index in [0.717, 1.165) is 52.7 Å². The second-order valence-corrected chi connectivity index (χ2v) is 18.9. The number of phenols is 1. The normalized spacial score (nSPS) is 12.3. The smallest absolute Gasteiger partial charge is 0.744 e. The number of benzene rings is 4. The summed E-state index contributed by atoms with van der Waals surface area (Å²) in [7, 11) is -20.7. The largest absolute Gasteiger partial charge is 1.00 e. The predicted molar refractivity (Wildman–Crippen MR) is 198 cm³/mol. The molecule has 0 aliphatic heterocycles. The van der Waals surface area contributed by atoms with Crippen molar-refractivity contribution < 1.29 is 173 Å². The number of nitrogen functional groups attached to an aromatic ring is 1. The first-order chi connectivity index (χ1) is 27.2. The van der Waals surface area contributed by atoms with E-state index >= 15 is 0 Å². The van der Waals surface area contributed by atoms with E-state index in [1.807, 2.05) is 0 Å². The van der Waals surface area contributed by atoms with Crippen LogP contribution in [0.5, 0.6) is 28.7 Å². The molecule has 0 unspecified atom stereocenters. The van der Waals surface area contributed by atoms with E-state index in [1.54, 1.807) is 0 Å². The van der Waals surface area contributed by atoms with Crippen LogP contribution in [0.2, 0.25) is 0 Å². The maximum atomic E-state index is 13.0. The number of nitrogens with zero attached hydrogens (tertiary/aromatic N) is 4. The molecule has 0 radical (unpaired) electrons. The summed E-state index contributed by atoms with van der Waals surface area (Å²) < 4.78 is 182. The summed E-state index contributed by atoms with van der Waals surface area (Å²) in [5.74, 6) is -3.69. The summed E-state index contributed by atoms with van der Waals surface area (Å²) in [5.41, 5.74) is 2.58. The predicted octanol–water partition coefficient (Wildman–Crippen LogP) is -6.02. The van der Waals surface area contributed by atoms with Crippen molar-refractivity contribution in [2.45, 2.75) is 19.6 Å². The molecule has 4 aromatic rings. The molecule has 0 atom stereocenters. The zero-order valence-electron chi connectivity index (χ0n) is 33.4. The summed E-state index contributed by atoms with van der Waals surface area (Å²) in [4.78, 5) is -3.57. The molecule has 0 spiro atoms. The van der Waals surface area contributed by atoms with Gasteiger partial charge in [-0.05, 0) is 17.5 Å². The molecule has 4 rings (SSSR count). The molecule has 0 bridgehead atoms. The van der Waals surface area contributed by atoms with E-state index in [4.69, 9.17) is 24.7 Å². The van der Waals surface area contributed by atoms with E-state index in [1.165, 1.54) is 0 Å². The van der Waals surface area contributed by atoms with Gasteiger partial charge in [0.15, 0.2) is 15.6 Å². The van der Waals surface area contributed by atoms with Gasteiger partial charge in [-0.2, -0.15) is 0 Å². The molecule has 0 saturated heterocycles. The minimum absolute atomic E-state index is 0. The Kier molecular flexibility index (Phi) is 20.5. The fourth-order valence-corrected chi connectivity index (χ4v) is 8.90. The van der Waals surface area contributed by atoms with Gasteiger partial charge in [0.25, 0.3) is 0 Å². The van der Waals surface area contributed by atoms with Crippen molar-refractivity contribution in [1.82, 2.24) is 0 Å². The van der Waals surface area contributed by atoms with Gasteiger partial charge in [0, 0.05) is 29.7 Å². The van der Waals surface area contributed by atoms with Crippen LogP contribution in [0.4, 0.5) is 28.4 Å². The van der Waals surface area contributed by atoms with E-state index < -0.39 is 133 Å². The van der Waals surface area contributed by atoms with Crippen LogP contribution in [-0.2, 0) is 54.5 Å². The molecule has 0 aromatic heterocycles. The Hall–Kier alpha value is -2.53. The summed E-state index contributed by atoms with van der Waals surface area (Å²) in [6.45, 7) is 2.17. The van der Waals surface area contributed by atoms with Crippen LogP contribution in [0.15, 0.2) is 88.4 Å². The Morgan fingerprint density at radius 2 is 1.05 bits per heavy atom. The number of hydrogen-bond acceptors (Lipinski definition) is 24. The van der Waals surface area contributed by atoms with Crippen molar-refractivity contribution in [1.29, 1.82) is 0 Å². The van der Waals surface area contributed by atoms with E-state index in [-0.39, 0.29) is 106 Å². The molecule has 0 fully saturated rings. The first-order valence-corrected chi connectivity index (χ1v) is 22.7. The Bertz CT molecular complexity index is 3030. The topological polar surface area (TPSA) is 382 Å². The van der Waals surface area contributed by atoms with Crippen LogP contribution in [-0.4, -0.2) is 102 Å². The summed E-state index contributed by atoms with van der Waals surface area (Å²) in [5, 5.41) is 25.8. The van der Waals surface area contributed by atoms with E-state index in [2.05, 4.69) is 31.2 Å². The number of aromatic hydroxyl groups is 1. The van der Waals surface area contributed by atoms with Gasteiger partial charge in [-0.25, -0.2) is 42.1 Å². The molecular weight excluding hydrogens is 964 g/mol. The van der Waals surface area contributed by atoms with Gasteiger partial charge >= 0.3 is 88.7 Å². The second-order valence-electron chi connectivity index (χ2n) is 11.2. The van der Waals surface area contributed by atoms with Crippen LogP contribution in [0.1, 0.15) is 0 Å². The number of hydrogen-bond donors (Lipinski definition) is 2. The number of rotatable bonds is 17. The van der Waals surface area contributed by atoms with Crippen molar-refractivity contribution in [3.05, 3.63) is 48.4 Å². The first kappa shape index (κ1) is 57.5. The zero-order valence-corrected chi connectivity index (χ0v) is 43.4. The molecule has 0 heterocycles. The number of ether oxygens (including phenoxy) is 4. The third-order valence-corrected chi connectivity index (χ3v) is 13.0. The third-order valence-electron chi connectivity index (χ3n) is 7.74. The fraction of sp³-hybridized carbons (Fsp3) is 0.200. The number of azo groups is 2. The van der Waals surface area contributed by atoms with Gasteiger partial charge in [0.05, 0.1) is 61.7 Å². The minimum Gasteiger partial charge on any atom is -0.744 e. The van der Waals surface area contributed by atoms with Gasteiger partial charge < -0.3 is 43.4 Å². The van der Waals surface area contributed by atoms with Crippen LogP contribution < -0.4 is 113 Å². The molecule has 4 aromatic carbocycles. The number of methoxy groups -OCH3 is 4. The molecule has 0 amide bonds. The SMILES string of the molecule is C=CS(=O)(=O)c1cc(OC)c(N=Nc2c(S(=O)(=O)[O-])cc3cc(S(=O)(=O)[O-])c(N=Nc4cc(OC)c(S(=O)(=O)CCOS(=O)(=O)[O-])cc4OC)c(N)c3c2O)cc1OC.[Na+].[Na+].[Na+]. The molecular formula is C30H28N5Na3O19S5. The monoisotopic (exact) mass is 991 g/mol. The van der Waals surface area contributed by atoms with Crippen LogP contribution >= 0.6 is 0 Å². The fourth-order valence-electron chi connectivity index (χ4n) is 5.07. The summed E-state index contributed by atoms with van der Waals surface area (Å²) in [6.07, 6.45) is 0. The Morgan fingerprint density at radius 3 is 1.47 bits per heavy atom. The van der Waals surface area contributed by atoms with Gasteiger partial charge in [-0.15, -0.1) is 20.5 Å². The Morgan fingerprint density at radius 1 is 0.629 bits per heavy atom. The number of nitrogens with two attached hydrogens (primary N) is 1. The van der Waals surface area contributed by atoms with Gasteiger partial charge in [0.1, 0.15) is 75.8 Å². The molecule has 0 aliphatic carbocycles. The minimum atomic E-state index is -5.60. The first-order valence-electron chi connectivity index (χ1n) is 15.3. The molecule has 32 heteroatoms. The molecule has 62 heavy (non-hydrogen) atoms. The number of anilines is 1. The van der Waals surface area contributed by atoms with E-state index in [9.17, 15) is 60.9 Å². The van der Waals surface area contributed by atoms with Crippen molar-refractivity contribution in [3.63, 3.8) is 0 Å². The Labute approximate surface area is 421 Å². The third kappa shape index (κ3) is 13.1. The average molecular weight is 992 g/mol. The van der Waals surface area contributed by atoms with Crippen molar-refractivity contribution >= 4 is 89.5 Å². The molecule has 0 saturated carbocycles. The molecule has 320 valence electrons. The van der Waals surface area contributed by atoms with Crippen LogP contribution in [0, 0.1) is 0 Å². The second kappa shape index (κ2) is 22.1. The molecule has 0 aliphatic rings. The number of fused-ring (bicyclic) bond motifs is 1. The van der Waals surface area contributed by atoms with Gasteiger partial charge in [-0.1, -0.05) is 6.58 Å². The van der Waals surface area contributed by atoms with Crippen LogP contribution in [0.25, 0.3) is 10.8 Å². The average Bonchev–Trinajstić information content (AvgIpc) is 3.14. The number of phenolic OH excluding ortho intramolecular Hbond substituents is 1. The maximum absolute atomic E-state index is 13.0. The quantitative estimate of drug-likeness (QED) is 0.0327. The van der Waals surface area contributed by atoms with Gasteiger partial charge in [-0.3, -0.25) is 4.18 Å². The molecule has 24 nitrogen and oxygen atoms in total. The van der Waals surface area contributed by atoms with Crippen molar-refractivity contribution in [3.8, 4) is 28.7 Å². The van der Waals surface area contributed by atoms with E-state index in [0.29, 0.717) is 17.5 Å². The summed E-state index contributed by atoms with van der Waals surface area (Å²) in [6, 6.07) is 4.76. The maximum Gasteiger partial charge on any atom is 1.00 e. The standard InChI is InChI=1S/C30H31N5O19S5.3Na/c1-6-55(37,38)22-13-18(50-2)17(11-20(22)52-4)33-35-29-25(58(44,45)46)10-15-9-24(57(41,42)43)28(27(31)26(15)30(29)36)34-32-16-12-21(53-5)23(14-19(16)51-3)56(39,40)8-7-54-59(47,48)49;;;/h6,9-14,36H,1,7-8,31H2,2-5H3,(H,41,42,43)(H,44,45,46)(H,47,48,49);;;/q;3*+1/p-3. The van der Waals surface area contributed by atoms with Gasteiger partial charge in [0.2, 0.25) is 20.2 Å². The molecule has 3 N–H and O–H groups in total. The Balaban J connectivity index is 0.00000641.